The topological polar surface area (TPSA) is 38.1 Å². The molecule has 3 nitrogen and oxygen atoms in total. The van der Waals surface area contributed by atoms with Crippen LogP contribution in [0.25, 0.3) is 11.1 Å². The van der Waals surface area contributed by atoms with E-state index in [0.29, 0.717) is 23.0 Å². The van der Waals surface area contributed by atoms with Gasteiger partial charge in [0, 0.05) is 29.2 Å². The first-order chi connectivity index (χ1) is 10.2. The molecule has 3 aromatic rings. The first-order valence-corrected chi connectivity index (χ1v) is 7.11. The van der Waals surface area contributed by atoms with E-state index in [1.165, 1.54) is 6.07 Å². The number of halogens is 2. The number of oxazole rings is 1. The lowest BCUT2D eigenvalue weighted by molar-refractivity contribution is 0.538. The van der Waals surface area contributed by atoms with Crippen molar-refractivity contribution in [2.45, 2.75) is 19.9 Å². The van der Waals surface area contributed by atoms with Crippen molar-refractivity contribution in [2.75, 3.05) is 5.32 Å². The van der Waals surface area contributed by atoms with Gasteiger partial charge in [-0.1, -0.05) is 24.6 Å². The Morgan fingerprint density at radius 3 is 2.90 bits per heavy atom. The Balaban J connectivity index is 1.82. The molecule has 0 aliphatic rings. The summed E-state index contributed by atoms with van der Waals surface area (Å²) in [6.45, 7) is 2.31. The predicted octanol–water partition coefficient (Wildman–Crippen LogP) is 4.79. The monoisotopic (exact) mass is 304 g/mol. The third-order valence-electron chi connectivity index (χ3n) is 3.27. The molecule has 1 heterocycles. The van der Waals surface area contributed by atoms with Crippen LogP contribution in [0.15, 0.2) is 40.8 Å². The fraction of sp³-hybridized carbons (Fsp3) is 0.188. The van der Waals surface area contributed by atoms with Crippen LogP contribution in [0.5, 0.6) is 0 Å². The second kappa shape index (κ2) is 5.74. The predicted molar refractivity (Wildman–Crippen MR) is 82.1 cm³/mol. The van der Waals surface area contributed by atoms with Gasteiger partial charge in [-0.05, 0) is 30.3 Å². The molecule has 0 saturated heterocycles. The maximum Gasteiger partial charge on any atom is 0.195 e. The molecule has 0 amide bonds. The Hall–Kier alpha value is -2.07. The minimum absolute atomic E-state index is 0.314. The average molecular weight is 305 g/mol. The minimum Gasteiger partial charge on any atom is -0.441 e. The Kier molecular flexibility index (Phi) is 3.80. The standard InChI is InChI=1S/C16H14ClFN2O/c1-2-16-20-14-8-10(6-7-15(14)21-16)19-9-11-12(17)4-3-5-13(11)18/h3-8,19H,2,9H2,1H3. The van der Waals surface area contributed by atoms with Gasteiger partial charge in [-0.2, -0.15) is 0 Å². The molecule has 0 aliphatic carbocycles. The summed E-state index contributed by atoms with van der Waals surface area (Å²) in [5, 5.41) is 3.57. The second-order valence-corrected chi connectivity index (χ2v) is 5.10. The minimum atomic E-state index is -0.314. The summed E-state index contributed by atoms with van der Waals surface area (Å²) < 4.78 is 19.3. The molecule has 21 heavy (non-hydrogen) atoms. The van der Waals surface area contributed by atoms with Crippen LogP contribution in [0.1, 0.15) is 18.4 Å². The van der Waals surface area contributed by atoms with Gasteiger partial charge in [0.05, 0.1) is 0 Å². The van der Waals surface area contributed by atoms with Crippen LogP contribution in [0.2, 0.25) is 5.02 Å². The average Bonchev–Trinajstić information content (AvgIpc) is 2.89. The summed E-state index contributed by atoms with van der Waals surface area (Å²) >= 11 is 6.01. The fourth-order valence-corrected chi connectivity index (χ4v) is 2.36. The van der Waals surface area contributed by atoms with E-state index >= 15 is 0 Å². The molecule has 108 valence electrons. The summed E-state index contributed by atoms with van der Waals surface area (Å²) in [6, 6.07) is 10.3. The molecule has 0 bridgehead atoms. The van der Waals surface area contributed by atoms with Crippen molar-refractivity contribution in [1.82, 2.24) is 4.98 Å². The Labute approximate surface area is 126 Å². The van der Waals surface area contributed by atoms with Crippen molar-refractivity contribution in [3.05, 3.63) is 58.7 Å². The lowest BCUT2D eigenvalue weighted by atomic mass is 10.2. The van der Waals surface area contributed by atoms with Crippen molar-refractivity contribution in [2.24, 2.45) is 0 Å². The summed E-state index contributed by atoms with van der Waals surface area (Å²) in [6.07, 6.45) is 0.752. The molecule has 0 radical (unpaired) electrons. The van der Waals surface area contributed by atoms with Crippen molar-refractivity contribution in [3.63, 3.8) is 0 Å². The molecule has 1 N–H and O–H groups in total. The molecular formula is C16H14ClFN2O. The highest BCUT2D eigenvalue weighted by atomic mass is 35.5. The normalized spacial score (nSPS) is 11.0. The maximum atomic E-state index is 13.7. The van der Waals surface area contributed by atoms with Gasteiger partial charge in [0.25, 0.3) is 0 Å². The molecule has 2 aromatic carbocycles. The first-order valence-electron chi connectivity index (χ1n) is 6.73. The number of aromatic nitrogens is 1. The van der Waals surface area contributed by atoms with E-state index in [0.717, 1.165) is 23.2 Å². The molecule has 0 unspecified atom stereocenters. The van der Waals surface area contributed by atoms with Crippen LogP contribution in [-0.2, 0) is 13.0 Å². The SMILES string of the molecule is CCc1nc2cc(NCc3c(F)cccc3Cl)ccc2o1. The van der Waals surface area contributed by atoms with Crippen LogP contribution in [-0.4, -0.2) is 4.98 Å². The quantitative estimate of drug-likeness (QED) is 0.752. The van der Waals surface area contributed by atoms with Gasteiger partial charge < -0.3 is 9.73 Å². The number of benzene rings is 2. The van der Waals surface area contributed by atoms with E-state index in [1.54, 1.807) is 12.1 Å². The molecule has 0 aliphatic heterocycles. The van der Waals surface area contributed by atoms with E-state index in [2.05, 4.69) is 10.3 Å². The molecular weight excluding hydrogens is 291 g/mol. The largest absolute Gasteiger partial charge is 0.441 e. The summed E-state index contributed by atoms with van der Waals surface area (Å²) in [5.41, 5.74) is 2.84. The zero-order chi connectivity index (χ0) is 14.8. The summed E-state index contributed by atoms with van der Waals surface area (Å²) in [7, 11) is 0. The number of hydrogen-bond donors (Lipinski definition) is 1. The number of aryl methyl sites for hydroxylation is 1. The van der Waals surface area contributed by atoms with E-state index < -0.39 is 0 Å². The van der Waals surface area contributed by atoms with Gasteiger partial charge in [-0.25, -0.2) is 9.37 Å². The molecule has 0 saturated carbocycles. The van der Waals surface area contributed by atoms with Crippen LogP contribution in [0.3, 0.4) is 0 Å². The van der Waals surface area contributed by atoms with Gasteiger partial charge in [-0.3, -0.25) is 0 Å². The molecule has 0 spiro atoms. The number of anilines is 1. The first kappa shape index (κ1) is 13.9. The van der Waals surface area contributed by atoms with Gasteiger partial charge in [0.1, 0.15) is 11.3 Å². The number of nitrogens with zero attached hydrogens (tertiary/aromatic N) is 1. The smallest absolute Gasteiger partial charge is 0.195 e. The van der Waals surface area contributed by atoms with Crippen LogP contribution >= 0.6 is 11.6 Å². The van der Waals surface area contributed by atoms with Gasteiger partial charge in [-0.15, -0.1) is 0 Å². The van der Waals surface area contributed by atoms with Crippen LogP contribution in [0.4, 0.5) is 10.1 Å². The summed E-state index contributed by atoms with van der Waals surface area (Å²) in [5.74, 6) is 0.394. The van der Waals surface area contributed by atoms with E-state index in [-0.39, 0.29) is 5.82 Å². The molecule has 1 aromatic heterocycles. The van der Waals surface area contributed by atoms with E-state index in [4.69, 9.17) is 16.0 Å². The van der Waals surface area contributed by atoms with E-state index in [1.807, 2.05) is 25.1 Å². The van der Waals surface area contributed by atoms with Crippen LogP contribution in [0, 0.1) is 5.82 Å². The highest BCUT2D eigenvalue weighted by Crippen LogP contribution is 2.23. The number of fused-ring (bicyclic) bond motifs is 1. The number of rotatable bonds is 4. The number of hydrogen-bond acceptors (Lipinski definition) is 3. The third-order valence-corrected chi connectivity index (χ3v) is 3.62. The zero-order valence-corrected chi connectivity index (χ0v) is 12.2. The Bertz CT molecular complexity index is 765. The third kappa shape index (κ3) is 2.85. The Morgan fingerprint density at radius 2 is 2.14 bits per heavy atom. The molecule has 5 heteroatoms. The van der Waals surface area contributed by atoms with Gasteiger partial charge >= 0.3 is 0 Å². The van der Waals surface area contributed by atoms with Crippen molar-refractivity contribution in [1.29, 1.82) is 0 Å². The molecule has 0 fully saturated rings. The van der Waals surface area contributed by atoms with Gasteiger partial charge in [0.2, 0.25) is 0 Å². The van der Waals surface area contributed by atoms with Crippen molar-refractivity contribution in [3.8, 4) is 0 Å². The zero-order valence-electron chi connectivity index (χ0n) is 11.5. The highest BCUT2D eigenvalue weighted by molar-refractivity contribution is 6.31. The number of nitrogens with one attached hydrogen (secondary N) is 1. The molecule has 0 atom stereocenters. The van der Waals surface area contributed by atoms with E-state index in [9.17, 15) is 4.39 Å². The summed E-state index contributed by atoms with van der Waals surface area (Å²) in [4.78, 5) is 4.38. The highest BCUT2D eigenvalue weighted by Gasteiger charge is 2.08. The fourth-order valence-electron chi connectivity index (χ4n) is 2.13. The molecule has 3 rings (SSSR count). The lowest BCUT2D eigenvalue weighted by Crippen LogP contribution is -2.02. The van der Waals surface area contributed by atoms with Crippen LogP contribution < -0.4 is 5.32 Å². The van der Waals surface area contributed by atoms with Gasteiger partial charge in [0.15, 0.2) is 11.5 Å². The maximum absolute atomic E-state index is 13.7. The lowest BCUT2D eigenvalue weighted by Gasteiger charge is -2.08. The second-order valence-electron chi connectivity index (χ2n) is 4.70. The Morgan fingerprint density at radius 1 is 1.29 bits per heavy atom. The van der Waals surface area contributed by atoms with Crippen molar-refractivity contribution < 1.29 is 8.81 Å². The van der Waals surface area contributed by atoms with Crippen molar-refractivity contribution >= 4 is 28.4 Å².